The number of nitrogens with two attached hydrogens (primary N) is 1. The van der Waals surface area contributed by atoms with Crippen molar-refractivity contribution in [1.82, 2.24) is 10.3 Å². The Morgan fingerprint density at radius 2 is 1.86 bits per heavy atom. The summed E-state index contributed by atoms with van der Waals surface area (Å²) in [6.07, 6.45) is 0. The molecular formula is C17H13Cl3N5O2P. The molecule has 1 amide bonds. The molecule has 0 saturated heterocycles. The average molecular weight is 457 g/mol. The number of aryl methyl sites for hydroxylation is 1. The molecule has 0 bridgehead atoms. The maximum Gasteiger partial charge on any atom is 0.260 e. The highest BCUT2D eigenvalue weighted by Crippen LogP contribution is 2.29. The molecule has 11 heteroatoms. The molecule has 0 aliphatic carbocycles. The van der Waals surface area contributed by atoms with Crippen LogP contribution in [0.2, 0.25) is 15.1 Å². The van der Waals surface area contributed by atoms with E-state index in [1.54, 1.807) is 6.07 Å². The summed E-state index contributed by atoms with van der Waals surface area (Å²) in [4.78, 5) is 16.9. The lowest BCUT2D eigenvalue weighted by atomic mass is 10.2. The number of halogens is 3. The second-order valence-corrected chi connectivity index (χ2v) is 7.57. The number of aromatic nitrogens is 2. The molecule has 3 rings (SSSR count). The van der Waals surface area contributed by atoms with E-state index in [2.05, 4.69) is 29.9 Å². The molecule has 0 spiro atoms. The summed E-state index contributed by atoms with van der Waals surface area (Å²) in [6, 6.07) is 8.35. The Labute approximate surface area is 177 Å². The number of nitrogens with one attached hydrogen (secondary N) is 1. The van der Waals surface area contributed by atoms with Gasteiger partial charge in [0.2, 0.25) is 5.82 Å². The zero-order valence-corrected chi connectivity index (χ0v) is 17.8. The van der Waals surface area contributed by atoms with E-state index < -0.39 is 5.91 Å². The minimum atomic E-state index is -0.626. The van der Waals surface area contributed by atoms with Gasteiger partial charge in [-0.2, -0.15) is 0 Å². The van der Waals surface area contributed by atoms with E-state index in [0.717, 1.165) is 10.9 Å². The third kappa shape index (κ3) is 4.45. The molecule has 0 fully saturated rings. The van der Waals surface area contributed by atoms with Crippen molar-refractivity contribution in [3.05, 3.63) is 62.2 Å². The zero-order valence-electron chi connectivity index (χ0n) is 14.3. The maximum absolute atomic E-state index is 12.6. The number of anilines is 1. The number of hydrogen-bond donors (Lipinski definition) is 2. The summed E-state index contributed by atoms with van der Waals surface area (Å²) >= 11 is 18.0. The molecule has 3 aromatic rings. The second-order valence-electron chi connectivity index (χ2n) is 5.70. The fourth-order valence-electron chi connectivity index (χ4n) is 2.26. The molecule has 0 radical (unpaired) electrons. The van der Waals surface area contributed by atoms with Gasteiger partial charge in [0.25, 0.3) is 5.91 Å². The van der Waals surface area contributed by atoms with Gasteiger partial charge in [0.1, 0.15) is 0 Å². The van der Waals surface area contributed by atoms with E-state index in [0.29, 0.717) is 10.7 Å². The third-order valence-corrected chi connectivity index (χ3v) is 5.15. The fourth-order valence-corrected chi connectivity index (χ4v) is 3.51. The van der Waals surface area contributed by atoms with Crippen LogP contribution < -0.4 is 16.4 Å². The van der Waals surface area contributed by atoms with Crippen LogP contribution >= 0.6 is 44.0 Å². The predicted octanol–water partition coefficient (Wildman–Crippen LogP) is 4.13. The van der Waals surface area contributed by atoms with E-state index in [1.807, 2.05) is 19.1 Å². The first-order valence-corrected chi connectivity index (χ1v) is 9.46. The van der Waals surface area contributed by atoms with E-state index >= 15 is 0 Å². The second kappa shape index (κ2) is 8.45. The number of amidine groups is 1. The number of hydrogen-bond acceptors (Lipinski definition) is 5. The molecule has 2 aromatic carbocycles. The van der Waals surface area contributed by atoms with Crippen molar-refractivity contribution in [1.29, 1.82) is 0 Å². The van der Waals surface area contributed by atoms with Gasteiger partial charge in [-0.05, 0) is 52.4 Å². The van der Waals surface area contributed by atoms with Gasteiger partial charge in [-0.15, -0.1) is 9.24 Å². The smallest absolute Gasteiger partial charge is 0.260 e. The quantitative estimate of drug-likeness (QED) is 0.349. The normalized spacial score (nSPS) is 11.5. The zero-order chi connectivity index (χ0) is 20.4. The van der Waals surface area contributed by atoms with E-state index in [9.17, 15) is 4.79 Å². The van der Waals surface area contributed by atoms with Crippen LogP contribution in [0.25, 0.3) is 0 Å². The summed E-state index contributed by atoms with van der Waals surface area (Å²) in [7, 11) is 2.62. The van der Waals surface area contributed by atoms with Crippen molar-refractivity contribution in [3.8, 4) is 0 Å². The van der Waals surface area contributed by atoms with Gasteiger partial charge in [-0.25, -0.2) is 9.62 Å². The summed E-state index contributed by atoms with van der Waals surface area (Å²) in [5.74, 6) is -0.636. The largest absolute Gasteiger partial charge is 0.382 e. The molecule has 144 valence electrons. The summed E-state index contributed by atoms with van der Waals surface area (Å²) in [6.45, 7) is 1.97. The van der Waals surface area contributed by atoms with Crippen LogP contribution in [0.3, 0.4) is 0 Å². The van der Waals surface area contributed by atoms with Crippen molar-refractivity contribution in [2.24, 2.45) is 10.7 Å². The Kier molecular flexibility index (Phi) is 6.20. The lowest BCUT2D eigenvalue weighted by molar-refractivity contribution is 0.102. The number of rotatable bonds is 4. The molecule has 28 heavy (non-hydrogen) atoms. The first kappa shape index (κ1) is 20.6. The summed E-state index contributed by atoms with van der Waals surface area (Å²) < 4.78 is 4.70. The Bertz CT molecular complexity index is 1080. The number of carbonyl (C=O) groups excluding carboxylic acids is 1. The Morgan fingerprint density at radius 1 is 1.18 bits per heavy atom. The van der Waals surface area contributed by atoms with Crippen LogP contribution in [-0.2, 0) is 0 Å². The van der Waals surface area contributed by atoms with Crippen LogP contribution in [0.4, 0.5) is 11.5 Å². The summed E-state index contributed by atoms with van der Waals surface area (Å²) in [5.41, 5.74) is 7.82. The highest BCUT2D eigenvalue weighted by molar-refractivity contribution is 7.27. The van der Waals surface area contributed by atoms with Gasteiger partial charge >= 0.3 is 0 Å². The van der Waals surface area contributed by atoms with Crippen molar-refractivity contribution in [2.75, 3.05) is 5.32 Å². The Hall–Kier alpha value is -2.18. The van der Waals surface area contributed by atoms with Crippen molar-refractivity contribution < 1.29 is 9.42 Å². The fraction of sp³-hybridized carbons (Fsp3) is 0.0588. The third-order valence-electron chi connectivity index (χ3n) is 3.71. The van der Waals surface area contributed by atoms with Crippen molar-refractivity contribution >= 4 is 72.6 Å². The SMILES string of the molecule is Cc1ccc(N=C(N)c2nonc2NC(=O)c2c(Cl)cc(Cl)cc2Cl)cc1P. The number of nitrogens with zero attached hydrogens (tertiary/aromatic N) is 3. The number of aliphatic imine (C=N–C) groups is 1. The molecule has 7 nitrogen and oxygen atoms in total. The van der Waals surface area contributed by atoms with Gasteiger partial charge in [0.15, 0.2) is 11.5 Å². The molecular weight excluding hydrogens is 444 g/mol. The topological polar surface area (TPSA) is 106 Å². The minimum absolute atomic E-state index is 0.0121. The lowest BCUT2D eigenvalue weighted by Crippen LogP contribution is -2.19. The van der Waals surface area contributed by atoms with Crippen LogP contribution in [0, 0.1) is 6.92 Å². The maximum atomic E-state index is 12.6. The van der Waals surface area contributed by atoms with Crippen LogP contribution in [0.1, 0.15) is 21.6 Å². The van der Waals surface area contributed by atoms with Crippen molar-refractivity contribution in [3.63, 3.8) is 0 Å². The van der Waals surface area contributed by atoms with E-state index in [4.69, 9.17) is 45.2 Å². The van der Waals surface area contributed by atoms with E-state index in [1.165, 1.54) is 12.1 Å². The molecule has 1 atom stereocenters. The molecule has 0 saturated carbocycles. The van der Waals surface area contributed by atoms with Gasteiger partial charge < -0.3 is 11.1 Å². The van der Waals surface area contributed by atoms with E-state index in [-0.39, 0.29) is 33.0 Å². The van der Waals surface area contributed by atoms with Gasteiger partial charge in [0.05, 0.1) is 21.3 Å². The molecule has 0 aliphatic rings. The highest BCUT2D eigenvalue weighted by Gasteiger charge is 2.21. The van der Waals surface area contributed by atoms with Crippen molar-refractivity contribution in [2.45, 2.75) is 6.92 Å². The molecule has 0 aliphatic heterocycles. The van der Waals surface area contributed by atoms with Crippen LogP contribution in [0.15, 0.2) is 40.0 Å². The summed E-state index contributed by atoms with van der Waals surface area (Å²) in [5, 5.41) is 11.3. The predicted molar refractivity (Wildman–Crippen MR) is 115 cm³/mol. The molecule has 1 unspecified atom stereocenters. The standard InChI is InChI=1S/C17H13Cl3N5O2P/c1-7-2-3-9(6-12(7)28)22-15(21)14-16(25-27-24-14)23-17(26)13-10(19)4-8(18)5-11(13)20/h2-6H,28H2,1H3,(H2,21,22)(H,23,25,26). The van der Waals surface area contributed by atoms with Crippen LogP contribution in [-0.4, -0.2) is 22.1 Å². The van der Waals surface area contributed by atoms with Crippen LogP contribution in [0.5, 0.6) is 0 Å². The van der Waals surface area contributed by atoms with Gasteiger partial charge in [-0.3, -0.25) is 4.79 Å². The monoisotopic (exact) mass is 455 g/mol. The van der Waals surface area contributed by atoms with Gasteiger partial charge in [0, 0.05) is 5.02 Å². The Morgan fingerprint density at radius 3 is 2.50 bits per heavy atom. The number of carbonyl (C=O) groups is 1. The Balaban J connectivity index is 1.89. The minimum Gasteiger partial charge on any atom is -0.382 e. The number of amides is 1. The molecule has 1 aromatic heterocycles. The molecule has 1 heterocycles. The first-order chi connectivity index (χ1) is 13.3. The number of benzene rings is 2. The molecule has 3 N–H and O–H groups in total. The average Bonchev–Trinajstić information content (AvgIpc) is 3.05. The lowest BCUT2D eigenvalue weighted by Gasteiger charge is -2.08. The highest BCUT2D eigenvalue weighted by atomic mass is 35.5. The van der Waals surface area contributed by atoms with Gasteiger partial charge in [-0.1, -0.05) is 40.9 Å². The first-order valence-electron chi connectivity index (χ1n) is 7.75.